The molecule has 5 aromatic rings. The molecular formula is C43H40F2N2O9. The van der Waals surface area contributed by atoms with Gasteiger partial charge in [0.05, 0.1) is 24.4 Å². The minimum atomic E-state index is -1.19. The summed E-state index contributed by atoms with van der Waals surface area (Å²) in [4.78, 5) is 34.1. The van der Waals surface area contributed by atoms with Gasteiger partial charge in [0.1, 0.15) is 29.1 Å². The number of benzene rings is 2. The largest absolute Gasteiger partial charge is 0.475 e. The molecule has 7 rings (SSSR count). The zero-order valence-corrected chi connectivity index (χ0v) is 30.2. The van der Waals surface area contributed by atoms with E-state index in [1.165, 1.54) is 61.5 Å². The maximum Gasteiger partial charge on any atom is 0.371 e. The number of aromatic carboxylic acids is 1. The quantitative estimate of drug-likeness (QED) is 0.122. The number of carboxylic acids is 1. The fraction of sp³-hybridized carbons (Fsp3) is 0.279. The first-order valence-electron chi connectivity index (χ1n) is 17.9. The highest BCUT2D eigenvalue weighted by Crippen LogP contribution is 2.29. The van der Waals surface area contributed by atoms with E-state index in [0.717, 1.165) is 25.7 Å². The summed E-state index contributed by atoms with van der Waals surface area (Å²) in [5.41, 5.74) is -0.877. The van der Waals surface area contributed by atoms with E-state index in [1.807, 2.05) is 0 Å². The second-order valence-electron chi connectivity index (χ2n) is 13.4. The Morgan fingerprint density at radius 2 is 1.20 bits per heavy atom. The van der Waals surface area contributed by atoms with Gasteiger partial charge in [-0.25, -0.2) is 13.6 Å². The van der Waals surface area contributed by atoms with Gasteiger partial charge in [-0.15, -0.1) is 0 Å². The lowest BCUT2D eigenvalue weighted by atomic mass is 9.82. The summed E-state index contributed by atoms with van der Waals surface area (Å²) < 4.78 is 40.8. The molecule has 2 aliphatic rings. The average molecular weight is 767 g/mol. The number of aliphatic hydroxyl groups is 2. The first kappa shape index (κ1) is 40.8. The van der Waals surface area contributed by atoms with Crippen LogP contribution in [0.25, 0.3) is 0 Å². The maximum atomic E-state index is 13.2. The summed E-state index contributed by atoms with van der Waals surface area (Å²) >= 11 is 0. The number of carboxylic acid groups (broad SMARTS) is 1. The second kappa shape index (κ2) is 19.3. The SMILES string of the molecule is O=C(N[C@@H]1CCC[C@](O)(C#Cc2cccc(F)c2)C1)c1ccco1.O=C(N[C@H]1CCC[C@@](O)(C#Cc2cccc(F)c2)C1)c1ccoc1.O=C(O)c1ccco1. The van der Waals surface area contributed by atoms with E-state index in [1.54, 1.807) is 42.5 Å². The van der Waals surface area contributed by atoms with Gasteiger partial charge in [0.15, 0.2) is 5.76 Å². The third-order valence-electron chi connectivity index (χ3n) is 8.91. The molecule has 0 bridgehead atoms. The third-order valence-corrected chi connectivity index (χ3v) is 8.91. The molecule has 3 aromatic heterocycles. The van der Waals surface area contributed by atoms with Crippen LogP contribution in [0.3, 0.4) is 0 Å². The maximum absolute atomic E-state index is 13.2. The van der Waals surface area contributed by atoms with Crippen LogP contribution in [0.2, 0.25) is 0 Å². The normalized spacial score (nSPS) is 21.1. The van der Waals surface area contributed by atoms with Gasteiger partial charge in [0.25, 0.3) is 11.8 Å². The summed E-state index contributed by atoms with van der Waals surface area (Å²) in [6, 6.07) is 19.3. The standard InChI is InChI=1S/2C19H18FNO3.C5H4O3/c20-15-5-1-4-14(12-15)8-10-19(23)9-2-6-16(13-19)21-18(22)17-7-3-11-24-17;20-16-4-1-3-14(11-16)6-9-19(23)8-2-5-17(12-19)21-18(22)15-7-10-24-13-15;6-5(7)4-2-1-3-8-4/h1,3-5,7,11-12,16,23H,2,6,9,13H2,(H,21,22);1,3-4,7,10-11,13,17,23H,2,5,8,12H2,(H,21,22);1-3H,(H,6,7)/t16-,19+;17-,19+;/m10./s1. The van der Waals surface area contributed by atoms with Crippen LogP contribution in [-0.4, -0.2) is 56.4 Å². The Labute approximate surface area is 321 Å². The van der Waals surface area contributed by atoms with Crippen molar-refractivity contribution >= 4 is 17.8 Å². The minimum absolute atomic E-state index is 0.0231. The van der Waals surface area contributed by atoms with Crippen molar-refractivity contribution in [1.82, 2.24) is 10.6 Å². The van der Waals surface area contributed by atoms with Crippen LogP contribution in [0.4, 0.5) is 8.78 Å². The van der Waals surface area contributed by atoms with Crippen LogP contribution in [0.5, 0.6) is 0 Å². The Balaban J connectivity index is 0.000000179. The van der Waals surface area contributed by atoms with Crippen molar-refractivity contribution < 1.29 is 51.7 Å². The zero-order valence-electron chi connectivity index (χ0n) is 30.2. The van der Waals surface area contributed by atoms with Gasteiger partial charge in [-0.05, 0) is 105 Å². The molecule has 3 heterocycles. The Morgan fingerprint density at radius 3 is 1.62 bits per heavy atom. The van der Waals surface area contributed by atoms with Gasteiger partial charge in [-0.2, -0.15) is 0 Å². The van der Waals surface area contributed by atoms with E-state index in [9.17, 15) is 33.4 Å². The monoisotopic (exact) mass is 766 g/mol. The van der Waals surface area contributed by atoms with Crippen molar-refractivity contribution in [3.05, 3.63) is 144 Å². The van der Waals surface area contributed by atoms with E-state index in [2.05, 4.69) is 38.7 Å². The van der Waals surface area contributed by atoms with Crippen LogP contribution < -0.4 is 10.6 Å². The number of hydrogen-bond donors (Lipinski definition) is 5. The molecule has 2 aromatic carbocycles. The van der Waals surface area contributed by atoms with E-state index in [0.29, 0.717) is 42.4 Å². The van der Waals surface area contributed by atoms with Gasteiger partial charge < -0.3 is 39.2 Å². The molecule has 290 valence electrons. The highest BCUT2D eigenvalue weighted by molar-refractivity contribution is 5.94. The van der Waals surface area contributed by atoms with Crippen molar-refractivity contribution in [3.8, 4) is 23.7 Å². The van der Waals surface area contributed by atoms with Gasteiger partial charge in [0, 0.05) is 36.1 Å². The Kier molecular flexibility index (Phi) is 14.0. The molecule has 0 saturated heterocycles. The first-order chi connectivity index (χ1) is 26.9. The Bertz CT molecular complexity index is 2050. The molecule has 0 spiro atoms. The predicted octanol–water partition coefficient (Wildman–Crippen LogP) is 6.73. The number of rotatable bonds is 5. The van der Waals surface area contributed by atoms with Crippen LogP contribution in [0.15, 0.2) is 117 Å². The molecule has 2 amide bonds. The predicted molar refractivity (Wildman–Crippen MR) is 199 cm³/mol. The number of nitrogens with one attached hydrogen (secondary N) is 2. The fourth-order valence-corrected chi connectivity index (χ4v) is 6.22. The zero-order chi connectivity index (χ0) is 40.0. The lowest BCUT2D eigenvalue weighted by Crippen LogP contribution is -2.45. The fourth-order valence-electron chi connectivity index (χ4n) is 6.22. The summed E-state index contributed by atoms with van der Waals surface area (Å²) in [7, 11) is 0. The van der Waals surface area contributed by atoms with E-state index >= 15 is 0 Å². The van der Waals surface area contributed by atoms with Gasteiger partial charge >= 0.3 is 5.97 Å². The number of amides is 2. The molecule has 2 aliphatic carbocycles. The molecule has 11 nitrogen and oxygen atoms in total. The van der Waals surface area contributed by atoms with Crippen molar-refractivity contribution in [3.63, 3.8) is 0 Å². The lowest BCUT2D eigenvalue weighted by Gasteiger charge is -2.33. The van der Waals surface area contributed by atoms with E-state index in [4.69, 9.17) is 13.9 Å². The Hall–Kier alpha value is -6.41. The summed E-state index contributed by atoms with van der Waals surface area (Å²) in [6.45, 7) is 0. The minimum Gasteiger partial charge on any atom is -0.475 e. The third kappa shape index (κ3) is 12.6. The first-order valence-corrected chi connectivity index (χ1v) is 17.9. The molecule has 0 unspecified atom stereocenters. The lowest BCUT2D eigenvalue weighted by molar-refractivity contribution is 0.0441. The molecule has 4 atom stereocenters. The molecule has 0 aliphatic heterocycles. The molecule has 13 heteroatoms. The van der Waals surface area contributed by atoms with Crippen molar-refractivity contribution in [2.75, 3.05) is 0 Å². The average Bonchev–Trinajstić information content (AvgIpc) is 3.99. The molecule has 5 N–H and O–H groups in total. The van der Waals surface area contributed by atoms with Crippen LogP contribution in [-0.2, 0) is 0 Å². The number of hydrogen-bond acceptors (Lipinski definition) is 8. The molecule has 56 heavy (non-hydrogen) atoms. The highest BCUT2D eigenvalue weighted by Gasteiger charge is 2.35. The summed E-state index contributed by atoms with van der Waals surface area (Å²) in [5.74, 6) is 9.29. The topological polar surface area (TPSA) is 175 Å². The highest BCUT2D eigenvalue weighted by atomic mass is 19.1. The van der Waals surface area contributed by atoms with E-state index < -0.39 is 17.2 Å². The summed E-state index contributed by atoms with van der Waals surface area (Å²) in [6.07, 6.45) is 10.4. The smallest absolute Gasteiger partial charge is 0.371 e. The van der Waals surface area contributed by atoms with Crippen LogP contribution in [0.1, 0.15) is 94.0 Å². The molecular weight excluding hydrogens is 726 g/mol. The van der Waals surface area contributed by atoms with Crippen molar-refractivity contribution in [2.24, 2.45) is 0 Å². The summed E-state index contributed by atoms with van der Waals surface area (Å²) in [5, 5.41) is 35.3. The van der Waals surface area contributed by atoms with Gasteiger partial charge in [-0.1, -0.05) is 35.8 Å². The van der Waals surface area contributed by atoms with Crippen LogP contribution >= 0.6 is 0 Å². The number of halogens is 2. The molecule has 0 radical (unpaired) electrons. The Morgan fingerprint density at radius 1 is 0.679 bits per heavy atom. The van der Waals surface area contributed by atoms with Crippen LogP contribution in [0, 0.1) is 35.3 Å². The number of carbonyl (C=O) groups is 3. The van der Waals surface area contributed by atoms with E-state index in [-0.39, 0.29) is 47.1 Å². The van der Waals surface area contributed by atoms with Crippen molar-refractivity contribution in [2.45, 2.75) is 74.7 Å². The van der Waals surface area contributed by atoms with Crippen molar-refractivity contribution in [1.29, 1.82) is 0 Å². The van der Waals surface area contributed by atoms with Gasteiger partial charge in [0.2, 0.25) is 5.76 Å². The van der Waals surface area contributed by atoms with Gasteiger partial charge in [-0.3, -0.25) is 9.59 Å². The number of furan rings is 3. The second-order valence-corrected chi connectivity index (χ2v) is 13.4. The molecule has 2 saturated carbocycles. The molecule has 2 fully saturated rings. The number of carbonyl (C=O) groups excluding carboxylic acids is 2.